The highest BCUT2D eigenvalue weighted by Gasteiger charge is 2.14. The third-order valence-electron chi connectivity index (χ3n) is 5.32. The molecule has 0 aliphatic heterocycles. The van der Waals surface area contributed by atoms with Gasteiger partial charge >= 0.3 is 12.0 Å². The topological polar surface area (TPSA) is 126 Å². The van der Waals surface area contributed by atoms with E-state index in [9.17, 15) is 14.4 Å². The minimum absolute atomic E-state index is 0.142. The van der Waals surface area contributed by atoms with Crippen molar-refractivity contribution in [2.24, 2.45) is 5.73 Å². The van der Waals surface area contributed by atoms with Gasteiger partial charge in [-0.05, 0) is 65.6 Å². The van der Waals surface area contributed by atoms with Crippen LogP contribution in [0.25, 0.3) is 11.6 Å². The fourth-order valence-corrected chi connectivity index (χ4v) is 3.47. The van der Waals surface area contributed by atoms with Crippen LogP contribution in [0.1, 0.15) is 23.1 Å². The summed E-state index contributed by atoms with van der Waals surface area (Å²) >= 11 is 0. The van der Waals surface area contributed by atoms with Gasteiger partial charge in [-0.3, -0.25) is 10.1 Å². The largest absolute Gasteiger partial charge is 0.497 e. The smallest absolute Gasteiger partial charge is 0.338 e. The van der Waals surface area contributed by atoms with Gasteiger partial charge in [0.25, 0.3) is 0 Å². The Balaban J connectivity index is 1.73. The maximum Gasteiger partial charge on any atom is 0.338 e. The molecule has 0 heterocycles. The van der Waals surface area contributed by atoms with Crippen LogP contribution in [0.2, 0.25) is 0 Å². The summed E-state index contributed by atoms with van der Waals surface area (Å²) in [5.74, 6) is 1.45. The average molecular weight is 505 g/mol. The first-order valence-corrected chi connectivity index (χ1v) is 11.3. The summed E-state index contributed by atoms with van der Waals surface area (Å²) in [5.41, 5.74) is 7.56. The average Bonchev–Trinajstić information content (AvgIpc) is 2.90. The van der Waals surface area contributed by atoms with Crippen LogP contribution < -0.4 is 25.3 Å². The zero-order chi connectivity index (χ0) is 26.8. The number of nitrogens with two attached hydrogens (primary N) is 1. The first-order chi connectivity index (χ1) is 17.8. The van der Waals surface area contributed by atoms with Crippen LogP contribution in [-0.4, -0.2) is 39.2 Å². The van der Waals surface area contributed by atoms with Crippen LogP contribution in [0.3, 0.4) is 0 Å². The fraction of sp³-hybridized carbons (Fsp3) is 0.179. The highest BCUT2D eigenvalue weighted by atomic mass is 16.5. The number of ether oxygens (including phenoxy) is 4. The van der Waals surface area contributed by atoms with Gasteiger partial charge in [0.2, 0.25) is 5.91 Å². The number of methoxy groups -OCH3 is 3. The van der Waals surface area contributed by atoms with Crippen LogP contribution in [0.15, 0.2) is 66.7 Å². The van der Waals surface area contributed by atoms with Gasteiger partial charge in [0.05, 0.1) is 26.9 Å². The van der Waals surface area contributed by atoms with Gasteiger partial charge in [0.1, 0.15) is 23.0 Å². The molecule has 0 saturated heterocycles. The number of hydrogen-bond donors (Lipinski definition) is 2. The molecule has 0 aliphatic carbocycles. The maximum absolute atomic E-state index is 12.5. The van der Waals surface area contributed by atoms with Gasteiger partial charge in [0.15, 0.2) is 0 Å². The summed E-state index contributed by atoms with van der Waals surface area (Å²) in [4.78, 5) is 34.8. The van der Waals surface area contributed by atoms with Gasteiger partial charge in [-0.15, -0.1) is 0 Å². The van der Waals surface area contributed by atoms with Crippen molar-refractivity contribution in [2.45, 2.75) is 12.8 Å². The maximum atomic E-state index is 12.5. The number of urea groups is 1. The summed E-state index contributed by atoms with van der Waals surface area (Å²) in [6.45, 7) is 0. The van der Waals surface area contributed by atoms with Gasteiger partial charge in [-0.1, -0.05) is 24.3 Å². The van der Waals surface area contributed by atoms with E-state index in [2.05, 4.69) is 0 Å². The SMILES string of the molecule is COC(=O)C(=Cc1cc(OC)cc(OC)c1)c1ccc(Oc2ccc(CCC(=O)NC(N)=O)cc2)cc1. The minimum atomic E-state index is -0.866. The van der Waals surface area contributed by atoms with Crippen LogP contribution >= 0.6 is 0 Å². The quantitative estimate of drug-likeness (QED) is 0.239. The Labute approximate surface area is 214 Å². The van der Waals surface area contributed by atoms with Crippen LogP contribution in [0, 0.1) is 0 Å². The van der Waals surface area contributed by atoms with Crippen LogP contribution in [0.4, 0.5) is 4.79 Å². The molecule has 0 spiro atoms. The summed E-state index contributed by atoms with van der Waals surface area (Å²) in [5, 5.41) is 2.03. The molecule has 0 saturated carbocycles. The van der Waals surface area contributed by atoms with Gasteiger partial charge in [-0.25, -0.2) is 9.59 Å². The molecule has 3 amide bonds. The van der Waals surface area contributed by atoms with E-state index < -0.39 is 17.9 Å². The molecule has 0 fully saturated rings. The molecule has 0 atom stereocenters. The highest BCUT2D eigenvalue weighted by molar-refractivity contribution is 6.21. The number of carbonyl (C=O) groups excluding carboxylic acids is 3. The molecule has 0 aliphatic rings. The second-order valence-corrected chi connectivity index (χ2v) is 7.88. The van der Waals surface area contributed by atoms with E-state index in [1.807, 2.05) is 17.4 Å². The number of nitrogens with one attached hydrogen (secondary N) is 1. The summed E-state index contributed by atoms with van der Waals surface area (Å²) < 4.78 is 21.5. The molecule has 0 unspecified atom stereocenters. The second-order valence-electron chi connectivity index (χ2n) is 7.88. The Hall–Kier alpha value is -4.79. The number of amides is 3. The van der Waals surface area contributed by atoms with E-state index in [-0.39, 0.29) is 6.42 Å². The molecule has 0 bridgehead atoms. The highest BCUT2D eigenvalue weighted by Crippen LogP contribution is 2.29. The Morgan fingerprint density at radius 3 is 1.89 bits per heavy atom. The Bertz CT molecular complexity index is 1260. The summed E-state index contributed by atoms with van der Waals surface area (Å²) in [7, 11) is 4.44. The van der Waals surface area contributed by atoms with E-state index in [1.165, 1.54) is 7.11 Å². The number of carbonyl (C=O) groups is 3. The number of imide groups is 1. The molecule has 3 rings (SSSR count). The Morgan fingerprint density at radius 2 is 1.38 bits per heavy atom. The summed E-state index contributed by atoms with van der Waals surface area (Å²) in [6, 6.07) is 18.7. The fourth-order valence-electron chi connectivity index (χ4n) is 3.47. The number of primary amides is 1. The van der Waals surface area contributed by atoms with Crippen molar-refractivity contribution in [3.8, 4) is 23.0 Å². The second kappa shape index (κ2) is 12.8. The van der Waals surface area contributed by atoms with Gasteiger partial charge < -0.3 is 24.7 Å². The number of hydrogen-bond acceptors (Lipinski definition) is 7. The number of aryl methyl sites for hydroxylation is 1. The standard InChI is InChI=1S/C28H28N2O7/c1-34-23-14-19(15-24(17-23)35-2)16-25(27(32)36-3)20-7-11-22(12-8-20)37-21-9-4-18(5-10-21)6-13-26(31)30-28(29)33/h4-5,7-12,14-17H,6,13H2,1-3H3,(H3,29,30,31,33). The predicted octanol–water partition coefficient (Wildman–Crippen LogP) is 4.34. The zero-order valence-corrected chi connectivity index (χ0v) is 20.8. The lowest BCUT2D eigenvalue weighted by Crippen LogP contribution is -2.35. The lowest BCUT2D eigenvalue weighted by molar-refractivity contribution is -0.133. The predicted molar refractivity (Wildman–Crippen MR) is 138 cm³/mol. The van der Waals surface area contributed by atoms with Crippen molar-refractivity contribution in [3.63, 3.8) is 0 Å². The first kappa shape index (κ1) is 26.8. The van der Waals surface area contributed by atoms with E-state index in [1.54, 1.807) is 74.9 Å². The lowest BCUT2D eigenvalue weighted by atomic mass is 10.0. The third-order valence-corrected chi connectivity index (χ3v) is 5.32. The first-order valence-electron chi connectivity index (χ1n) is 11.3. The zero-order valence-electron chi connectivity index (χ0n) is 20.8. The van der Waals surface area contributed by atoms with E-state index in [4.69, 9.17) is 24.7 Å². The Kier molecular flexibility index (Phi) is 9.26. The minimum Gasteiger partial charge on any atom is -0.497 e. The summed E-state index contributed by atoms with van der Waals surface area (Å²) in [6.07, 6.45) is 2.30. The number of rotatable bonds is 10. The van der Waals surface area contributed by atoms with Crippen molar-refractivity contribution in [1.29, 1.82) is 0 Å². The van der Waals surface area contributed by atoms with E-state index >= 15 is 0 Å². The van der Waals surface area contributed by atoms with Gasteiger partial charge in [0, 0.05) is 12.5 Å². The molecule has 192 valence electrons. The molecular formula is C28H28N2O7. The van der Waals surface area contributed by atoms with Crippen molar-refractivity contribution in [3.05, 3.63) is 83.4 Å². The van der Waals surface area contributed by atoms with Gasteiger partial charge in [-0.2, -0.15) is 0 Å². The molecule has 0 aromatic heterocycles. The molecule has 0 radical (unpaired) electrons. The number of benzene rings is 3. The van der Waals surface area contributed by atoms with Crippen molar-refractivity contribution >= 4 is 29.6 Å². The van der Waals surface area contributed by atoms with E-state index in [0.717, 1.165) is 5.56 Å². The van der Waals surface area contributed by atoms with E-state index in [0.29, 0.717) is 46.1 Å². The molecule has 37 heavy (non-hydrogen) atoms. The molecule has 9 heteroatoms. The molecular weight excluding hydrogens is 476 g/mol. The molecule has 3 aromatic carbocycles. The molecule has 3 aromatic rings. The number of esters is 1. The lowest BCUT2D eigenvalue weighted by Gasteiger charge is -2.10. The van der Waals surface area contributed by atoms with Crippen LogP contribution in [-0.2, 0) is 20.7 Å². The molecule has 3 N–H and O–H groups in total. The van der Waals surface area contributed by atoms with Crippen molar-refractivity contribution < 1.29 is 33.3 Å². The molecule has 9 nitrogen and oxygen atoms in total. The van der Waals surface area contributed by atoms with Crippen molar-refractivity contribution in [1.82, 2.24) is 5.32 Å². The third kappa shape index (κ3) is 7.86. The van der Waals surface area contributed by atoms with Crippen molar-refractivity contribution in [2.75, 3.05) is 21.3 Å². The normalized spacial score (nSPS) is 10.8. The monoisotopic (exact) mass is 504 g/mol. The van der Waals surface area contributed by atoms with Crippen LogP contribution in [0.5, 0.6) is 23.0 Å². The Morgan fingerprint density at radius 1 is 0.811 bits per heavy atom.